The Labute approximate surface area is 128 Å². The molecule has 2 heterocycles. The van der Waals surface area contributed by atoms with Crippen LogP contribution in [0.1, 0.15) is 5.56 Å². The average Bonchev–Trinajstić information content (AvgIpc) is 2.59. The van der Waals surface area contributed by atoms with Crippen LogP contribution in [-0.2, 0) is 11.2 Å². The minimum Gasteiger partial charge on any atom is -0.492 e. The molecule has 2 N–H and O–H groups in total. The molecule has 0 bridgehead atoms. The van der Waals surface area contributed by atoms with Crippen LogP contribution in [0.2, 0.25) is 0 Å². The maximum Gasteiger partial charge on any atom is 0.226 e. The summed E-state index contributed by atoms with van der Waals surface area (Å²) < 4.78 is 5.64. The minimum absolute atomic E-state index is 0.0236. The van der Waals surface area contributed by atoms with E-state index >= 15 is 0 Å². The van der Waals surface area contributed by atoms with Crippen molar-refractivity contribution in [1.82, 2.24) is 15.3 Å². The highest BCUT2D eigenvalue weighted by molar-refractivity contribution is 5.79. The van der Waals surface area contributed by atoms with E-state index in [-0.39, 0.29) is 11.8 Å². The quantitative estimate of drug-likeness (QED) is 0.813. The Hall–Kier alpha value is -2.63. The van der Waals surface area contributed by atoms with Crippen molar-refractivity contribution >= 4 is 11.7 Å². The fourth-order valence-electron chi connectivity index (χ4n) is 2.41. The smallest absolute Gasteiger partial charge is 0.226 e. The topological polar surface area (TPSA) is 76.1 Å². The van der Waals surface area contributed by atoms with Crippen LogP contribution in [0.25, 0.3) is 0 Å². The number of nitrogens with zero attached hydrogens (tertiary/aromatic N) is 2. The van der Waals surface area contributed by atoms with E-state index in [2.05, 4.69) is 20.6 Å². The van der Waals surface area contributed by atoms with Crippen LogP contribution < -0.4 is 15.4 Å². The molecule has 22 heavy (non-hydrogen) atoms. The van der Waals surface area contributed by atoms with Crippen LogP contribution >= 0.6 is 0 Å². The second kappa shape index (κ2) is 6.89. The average molecular weight is 298 g/mol. The van der Waals surface area contributed by atoms with E-state index in [9.17, 15) is 4.79 Å². The molecule has 6 nitrogen and oxygen atoms in total. The Morgan fingerprint density at radius 2 is 2.18 bits per heavy atom. The van der Waals surface area contributed by atoms with Gasteiger partial charge in [-0.05, 0) is 18.1 Å². The summed E-state index contributed by atoms with van der Waals surface area (Å²) in [5.74, 6) is 1.48. The van der Waals surface area contributed by atoms with Gasteiger partial charge in [0.05, 0.1) is 12.1 Å². The molecule has 3 rings (SSSR count). The number of aromatic nitrogens is 2. The summed E-state index contributed by atoms with van der Waals surface area (Å²) in [6.07, 6.45) is 5.61. The molecule has 0 unspecified atom stereocenters. The first-order valence-corrected chi connectivity index (χ1v) is 7.31. The Bertz CT molecular complexity index is 633. The molecule has 0 saturated heterocycles. The standard InChI is InChI=1S/C16H18N4O2/c21-16(20-8-7-19-15-10-17-5-6-18-15)13-9-12-3-1-2-4-14(12)22-11-13/h1-6,10,13H,7-9,11H2,(H,18,19)(H,20,21)/t13-/m0/s1. The fourth-order valence-corrected chi connectivity index (χ4v) is 2.41. The molecule has 1 aliphatic rings. The molecule has 0 saturated carbocycles. The van der Waals surface area contributed by atoms with Crippen molar-refractivity contribution in [2.75, 3.05) is 25.0 Å². The van der Waals surface area contributed by atoms with Crippen LogP contribution in [0, 0.1) is 5.92 Å². The molecule has 0 spiro atoms. The summed E-state index contributed by atoms with van der Waals surface area (Å²) in [6, 6.07) is 7.85. The number of nitrogens with one attached hydrogen (secondary N) is 2. The molecule has 1 aliphatic heterocycles. The highest BCUT2D eigenvalue weighted by atomic mass is 16.5. The first kappa shape index (κ1) is 14.3. The van der Waals surface area contributed by atoms with E-state index in [0.29, 0.717) is 25.5 Å². The van der Waals surface area contributed by atoms with E-state index < -0.39 is 0 Å². The Morgan fingerprint density at radius 3 is 3.05 bits per heavy atom. The minimum atomic E-state index is -0.133. The lowest BCUT2D eigenvalue weighted by Crippen LogP contribution is -2.39. The number of rotatable bonds is 5. The summed E-state index contributed by atoms with van der Waals surface area (Å²) in [7, 11) is 0. The number of ether oxygens (including phenoxy) is 1. The van der Waals surface area contributed by atoms with Gasteiger partial charge >= 0.3 is 0 Å². The third-order valence-electron chi connectivity index (χ3n) is 3.54. The molecule has 1 atom stereocenters. The molecule has 1 aromatic carbocycles. The zero-order valence-corrected chi connectivity index (χ0v) is 12.2. The first-order chi connectivity index (χ1) is 10.8. The molecule has 0 fully saturated rings. The Morgan fingerprint density at radius 1 is 1.27 bits per heavy atom. The van der Waals surface area contributed by atoms with Gasteiger partial charge in [-0.15, -0.1) is 0 Å². The predicted octanol–water partition coefficient (Wildman–Crippen LogP) is 1.26. The number of hydrogen-bond donors (Lipinski definition) is 2. The van der Waals surface area contributed by atoms with Crippen LogP contribution in [0.15, 0.2) is 42.9 Å². The number of hydrogen-bond acceptors (Lipinski definition) is 5. The second-order valence-corrected chi connectivity index (χ2v) is 5.13. The van der Waals surface area contributed by atoms with Crippen LogP contribution in [0.4, 0.5) is 5.82 Å². The lowest BCUT2D eigenvalue weighted by atomic mass is 9.96. The summed E-state index contributed by atoms with van der Waals surface area (Å²) in [5, 5.41) is 6.02. The van der Waals surface area contributed by atoms with Gasteiger partial charge in [-0.25, -0.2) is 4.98 Å². The van der Waals surface area contributed by atoms with Gasteiger partial charge in [-0.3, -0.25) is 9.78 Å². The summed E-state index contributed by atoms with van der Waals surface area (Å²) in [4.78, 5) is 20.2. The van der Waals surface area contributed by atoms with Crippen molar-refractivity contribution < 1.29 is 9.53 Å². The molecule has 1 amide bonds. The number of para-hydroxylation sites is 1. The van der Waals surface area contributed by atoms with E-state index in [0.717, 1.165) is 17.7 Å². The SMILES string of the molecule is O=C(NCCNc1cnccn1)[C@@H]1COc2ccccc2C1. The Balaban J connectivity index is 1.43. The molecular formula is C16H18N4O2. The summed E-state index contributed by atoms with van der Waals surface area (Å²) >= 11 is 0. The number of carbonyl (C=O) groups excluding carboxylic acids is 1. The van der Waals surface area contributed by atoms with Crippen molar-refractivity contribution in [3.05, 3.63) is 48.4 Å². The van der Waals surface area contributed by atoms with Gasteiger partial charge < -0.3 is 15.4 Å². The lowest BCUT2D eigenvalue weighted by molar-refractivity contribution is -0.126. The third kappa shape index (κ3) is 3.52. The maximum atomic E-state index is 12.2. The van der Waals surface area contributed by atoms with Gasteiger partial charge in [0.2, 0.25) is 5.91 Å². The molecule has 6 heteroatoms. The third-order valence-corrected chi connectivity index (χ3v) is 3.54. The largest absolute Gasteiger partial charge is 0.492 e. The maximum absolute atomic E-state index is 12.2. The van der Waals surface area contributed by atoms with Crippen molar-refractivity contribution in [1.29, 1.82) is 0 Å². The van der Waals surface area contributed by atoms with Gasteiger partial charge in [0.1, 0.15) is 18.2 Å². The number of anilines is 1. The van der Waals surface area contributed by atoms with E-state index in [1.54, 1.807) is 18.6 Å². The van der Waals surface area contributed by atoms with Crippen molar-refractivity contribution in [3.8, 4) is 5.75 Å². The molecular weight excluding hydrogens is 280 g/mol. The zero-order valence-electron chi connectivity index (χ0n) is 12.2. The van der Waals surface area contributed by atoms with Gasteiger partial charge in [-0.1, -0.05) is 18.2 Å². The molecule has 0 radical (unpaired) electrons. The van der Waals surface area contributed by atoms with Gasteiger partial charge in [-0.2, -0.15) is 0 Å². The van der Waals surface area contributed by atoms with Gasteiger partial charge in [0, 0.05) is 25.5 Å². The zero-order chi connectivity index (χ0) is 15.2. The Kier molecular flexibility index (Phi) is 4.48. The molecule has 2 aromatic rings. The molecule has 0 aliphatic carbocycles. The number of amides is 1. The predicted molar refractivity (Wildman–Crippen MR) is 82.7 cm³/mol. The van der Waals surface area contributed by atoms with Crippen LogP contribution in [0.5, 0.6) is 5.75 Å². The normalized spacial score (nSPS) is 16.3. The highest BCUT2D eigenvalue weighted by Gasteiger charge is 2.25. The molecule has 114 valence electrons. The van der Waals surface area contributed by atoms with E-state index in [1.807, 2.05) is 24.3 Å². The molecule has 1 aromatic heterocycles. The summed E-state index contributed by atoms with van der Waals surface area (Å²) in [5.41, 5.74) is 1.09. The fraction of sp³-hybridized carbons (Fsp3) is 0.312. The van der Waals surface area contributed by atoms with Gasteiger partial charge in [0.15, 0.2) is 0 Å². The monoisotopic (exact) mass is 298 g/mol. The van der Waals surface area contributed by atoms with Crippen molar-refractivity contribution in [3.63, 3.8) is 0 Å². The number of fused-ring (bicyclic) bond motifs is 1. The lowest BCUT2D eigenvalue weighted by Gasteiger charge is -2.24. The first-order valence-electron chi connectivity index (χ1n) is 7.31. The van der Waals surface area contributed by atoms with Gasteiger partial charge in [0.25, 0.3) is 0 Å². The van der Waals surface area contributed by atoms with Crippen LogP contribution in [-0.4, -0.2) is 35.6 Å². The highest BCUT2D eigenvalue weighted by Crippen LogP contribution is 2.26. The van der Waals surface area contributed by atoms with Crippen LogP contribution in [0.3, 0.4) is 0 Å². The number of benzene rings is 1. The van der Waals surface area contributed by atoms with Crippen molar-refractivity contribution in [2.45, 2.75) is 6.42 Å². The second-order valence-electron chi connectivity index (χ2n) is 5.13. The summed E-state index contributed by atoms with van der Waals surface area (Å²) in [6.45, 7) is 1.57. The van der Waals surface area contributed by atoms with E-state index in [1.165, 1.54) is 0 Å². The number of carbonyl (C=O) groups is 1. The van der Waals surface area contributed by atoms with E-state index in [4.69, 9.17) is 4.74 Å². The van der Waals surface area contributed by atoms with Crippen molar-refractivity contribution in [2.24, 2.45) is 5.92 Å².